The summed E-state index contributed by atoms with van der Waals surface area (Å²) in [6.45, 7) is 15.8. The van der Waals surface area contributed by atoms with E-state index in [-0.39, 0.29) is 22.8 Å². The summed E-state index contributed by atoms with van der Waals surface area (Å²) in [4.78, 5) is 15.7. The number of hydrogen-bond donors (Lipinski definition) is 3. The maximum atomic E-state index is 11.9. The van der Waals surface area contributed by atoms with Crippen LogP contribution in [0, 0.1) is 22.7 Å². The number of ether oxygens (including phenoxy) is 1. The SMILES string of the molecule is CCOC(=O)N1CCN(C[C@H](O)[C@@](C)(O)CC[C@@H]2[C@@]3(C)CCCC(C)(C)[C@H]3CC[C@@]2(C)O)CC1. The number of hydrogen-bond acceptors (Lipinski definition) is 6. The van der Waals surface area contributed by atoms with Crippen LogP contribution < -0.4 is 0 Å². The number of carbonyl (C=O) groups is 1. The van der Waals surface area contributed by atoms with E-state index in [1.54, 1.807) is 18.7 Å². The van der Waals surface area contributed by atoms with Gasteiger partial charge in [0.1, 0.15) is 0 Å². The topological polar surface area (TPSA) is 93.5 Å². The number of rotatable bonds is 7. The van der Waals surface area contributed by atoms with Crippen molar-refractivity contribution >= 4 is 6.09 Å². The third kappa shape index (κ3) is 5.74. The summed E-state index contributed by atoms with van der Waals surface area (Å²) in [5.41, 5.74) is -1.66. The first-order valence-corrected chi connectivity index (χ1v) is 13.5. The van der Waals surface area contributed by atoms with Gasteiger partial charge in [-0.15, -0.1) is 0 Å². The summed E-state index contributed by atoms with van der Waals surface area (Å²) >= 11 is 0. The number of aliphatic hydroxyl groups is 3. The van der Waals surface area contributed by atoms with Gasteiger partial charge in [0.25, 0.3) is 0 Å². The number of aliphatic hydroxyl groups excluding tert-OH is 1. The lowest BCUT2D eigenvalue weighted by Crippen LogP contribution is -2.58. The third-order valence-corrected chi connectivity index (χ3v) is 9.75. The standard InChI is InChI=1S/C27H50N2O5/c1-7-34-23(31)29-17-15-28(16-18-29)19-22(30)27(6,33)14-10-21-25(4)12-8-11-24(2,3)20(25)9-13-26(21,5)32/h20-22,30,32-33H,7-19H2,1-6H3/t20-,21-,22+,25+,26-,27+/m1/s1. The van der Waals surface area contributed by atoms with Gasteiger partial charge in [-0.2, -0.15) is 0 Å². The minimum absolute atomic E-state index is 0.0496. The summed E-state index contributed by atoms with van der Waals surface area (Å²) < 4.78 is 5.08. The molecule has 3 fully saturated rings. The van der Waals surface area contributed by atoms with E-state index >= 15 is 0 Å². The Bertz CT molecular complexity index is 701. The highest BCUT2D eigenvalue weighted by atomic mass is 16.6. The average Bonchev–Trinajstić information content (AvgIpc) is 2.72. The first kappa shape index (κ1) is 27.7. The zero-order valence-corrected chi connectivity index (χ0v) is 22.5. The van der Waals surface area contributed by atoms with Crippen LogP contribution in [0.4, 0.5) is 4.79 Å². The van der Waals surface area contributed by atoms with Gasteiger partial charge < -0.3 is 25.0 Å². The minimum Gasteiger partial charge on any atom is -0.450 e. The predicted molar refractivity (Wildman–Crippen MR) is 133 cm³/mol. The Morgan fingerprint density at radius 1 is 1.12 bits per heavy atom. The summed E-state index contributed by atoms with van der Waals surface area (Å²) in [7, 11) is 0. The van der Waals surface area contributed by atoms with Crippen LogP contribution in [0.2, 0.25) is 0 Å². The van der Waals surface area contributed by atoms with Crippen molar-refractivity contribution in [2.45, 2.75) is 104 Å². The Balaban J connectivity index is 1.59. The van der Waals surface area contributed by atoms with Crippen molar-refractivity contribution in [2.24, 2.45) is 22.7 Å². The van der Waals surface area contributed by atoms with Crippen LogP contribution in [0.25, 0.3) is 0 Å². The monoisotopic (exact) mass is 482 g/mol. The molecular formula is C27H50N2O5. The normalized spacial score (nSPS) is 36.9. The number of carbonyl (C=O) groups excluding carboxylic acids is 1. The van der Waals surface area contributed by atoms with Gasteiger partial charge >= 0.3 is 6.09 Å². The highest BCUT2D eigenvalue weighted by molar-refractivity contribution is 5.67. The Labute approximate surface area is 206 Å². The van der Waals surface area contributed by atoms with Crippen LogP contribution in [0.15, 0.2) is 0 Å². The molecule has 0 aromatic rings. The van der Waals surface area contributed by atoms with E-state index in [0.29, 0.717) is 58.1 Å². The van der Waals surface area contributed by atoms with E-state index in [1.807, 2.05) is 6.92 Å². The molecule has 3 N–H and O–H groups in total. The van der Waals surface area contributed by atoms with Crippen LogP contribution in [0.1, 0.15) is 86.5 Å². The van der Waals surface area contributed by atoms with E-state index in [9.17, 15) is 20.1 Å². The number of β-amino-alcohol motifs (C(OH)–C–C–N with tert-alkyl or cyclic N) is 1. The van der Waals surface area contributed by atoms with Crippen molar-refractivity contribution in [1.29, 1.82) is 0 Å². The van der Waals surface area contributed by atoms with E-state index in [2.05, 4.69) is 25.7 Å². The van der Waals surface area contributed by atoms with Crippen molar-refractivity contribution in [3.05, 3.63) is 0 Å². The molecule has 1 amide bonds. The lowest BCUT2D eigenvalue weighted by Gasteiger charge is -2.61. The van der Waals surface area contributed by atoms with Crippen molar-refractivity contribution in [1.82, 2.24) is 9.80 Å². The second kappa shape index (κ2) is 10.2. The predicted octanol–water partition coefficient (Wildman–Crippen LogP) is 3.65. The molecule has 7 nitrogen and oxygen atoms in total. The summed E-state index contributed by atoms with van der Waals surface area (Å²) in [5, 5.41) is 33.7. The Morgan fingerprint density at radius 3 is 2.38 bits per heavy atom. The molecule has 0 unspecified atom stereocenters. The molecule has 2 aliphatic carbocycles. The fraction of sp³-hybridized carbons (Fsp3) is 0.963. The molecule has 7 heteroatoms. The largest absolute Gasteiger partial charge is 0.450 e. The maximum absolute atomic E-state index is 11.9. The van der Waals surface area contributed by atoms with Gasteiger partial charge in [-0.1, -0.05) is 27.2 Å². The van der Waals surface area contributed by atoms with Crippen molar-refractivity contribution in [2.75, 3.05) is 39.3 Å². The second-order valence-electron chi connectivity index (χ2n) is 12.7. The van der Waals surface area contributed by atoms with E-state index in [1.165, 1.54) is 12.8 Å². The molecule has 0 radical (unpaired) electrons. The molecule has 1 saturated heterocycles. The van der Waals surface area contributed by atoms with Crippen molar-refractivity contribution in [3.8, 4) is 0 Å². The smallest absolute Gasteiger partial charge is 0.409 e. The minimum atomic E-state index is -1.23. The fourth-order valence-electron chi connectivity index (χ4n) is 7.64. The van der Waals surface area contributed by atoms with Gasteiger partial charge in [0.15, 0.2) is 0 Å². The van der Waals surface area contributed by atoms with Crippen molar-refractivity contribution in [3.63, 3.8) is 0 Å². The molecule has 6 atom stereocenters. The maximum Gasteiger partial charge on any atom is 0.409 e. The molecule has 0 aromatic heterocycles. The van der Waals surface area contributed by atoms with Crippen LogP contribution in [-0.2, 0) is 4.74 Å². The van der Waals surface area contributed by atoms with Gasteiger partial charge in [0.05, 0.1) is 23.9 Å². The molecule has 3 rings (SSSR count). The first-order chi connectivity index (χ1) is 15.7. The first-order valence-electron chi connectivity index (χ1n) is 13.5. The zero-order chi connectivity index (χ0) is 25.4. The Morgan fingerprint density at radius 2 is 1.76 bits per heavy atom. The van der Waals surface area contributed by atoms with Crippen LogP contribution in [0.3, 0.4) is 0 Å². The Kier molecular flexibility index (Phi) is 8.33. The zero-order valence-electron chi connectivity index (χ0n) is 22.5. The third-order valence-electron chi connectivity index (χ3n) is 9.75. The quantitative estimate of drug-likeness (QED) is 0.513. The molecule has 1 aliphatic heterocycles. The molecule has 1 heterocycles. The fourth-order valence-corrected chi connectivity index (χ4v) is 7.64. The number of nitrogens with zero attached hydrogens (tertiary/aromatic N) is 2. The average molecular weight is 483 g/mol. The van der Waals surface area contributed by atoms with Gasteiger partial charge in [0, 0.05) is 32.7 Å². The number of fused-ring (bicyclic) bond motifs is 1. The van der Waals surface area contributed by atoms with E-state index < -0.39 is 17.3 Å². The van der Waals surface area contributed by atoms with Gasteiger partial charge in [-0.05, 0) is 82.0 Å². The summed E-state index contributed by atoms with van der Waals surface area (Å²) in [6.07, 6.45) is 5.40. The molecule has 2 saturated carbocycles. The van der Waals surface area contributed by atoms with Gasteiger partial charge in [-0.25, -0.2) is 4.79 Å². The Hall–Kier alpha value is -0.890. The summed E-state index contributed by atoms with van der Waals surface area (Å²) in [6, 6.07) is 0. The van der Waals surface area contributed by atoms with Crippen LogP contribution in [-0.4, -0.2) is 87.8 Å². The molecule has 3 aliphatic rings. The number of piperazine rings is 1. The summed E-state index contributed by atoms with van der Waals surface area (Å²) in [5.74, 6) is 0.676. The molecule has 0 bridgehead atoms. The van der Waals surface area contributed by atoms with E-state index in [4.69, 9.17) is 4.74 Å². The highest BCUT2D eigenvalue weighted by Gasteiger charge is 2.58. The molecule has 0 spiro atoms. The highest BCUT2D eigenvalue weighted by Crippen LogP contribution is 2.63. The van der Waals surface area contributed by atoms with E-state index in [0.717, 1.165) is 19.3 Å². The molecule has 34 heavy (non-hydrogen) atoms. The lowest BCUT2D eigenvalue weighted by molar-refractivity contribution is -0.176. The van der Waals surface area contributed by atoms with Crippen molar-refractivity contribution < 1.29 is 24.9 Å². The second-order valence-corrected chi connectivity index (χ2v) is 12.7. The van der Waals surface area contributed by atoms with Gasteiger partial charge in [0.2, 0.25) is 0 Å². The molecule has 0 aromatic carbocycles. The number of amides is 1. The van der Waals surface area contributed by atoms with Crippen LogP contribution in [0.5, 0.6) is 0 Å². The van der Waals surface area contributed by atoms with Crippen LogP contribution >= 0.6 is 0 Å². The van der Waals surface area contributed by atoms with Gasteiger partial charge in [-0.3, -0.25) is 4.90 Å². The lowest BCUT2D eigenvalue weighted by atomic mass is 9.45. The molecular weight excluding hydrogens is 432 g/mol. The molecule has 198 valence electrons.